The summed E-state index contributed by atoms with van der Waals surface area (Å²) < 4.78 is 5.54. The molecule has 3 N–H and O–H groups in total. The van der Waals surface area contributed by atoms with Gasteiger partial charge in [-0.15, -0.1) is 0 Å². The molecule has 0 aromatic carbocycles. The average molecular weight is 356 g/mol. The number of hydrogen-bond acceptors (Lipinski definition) is 5. The Labute approximate surface area is 128 Å². The third kappa shape index (κ3) is 5.03. The highest BCUT2D eigenvalue weighted by atomic mass is 79.9. The van der Waals surface area contributed by atoms with Gasteiger partial charge in [0.1, 0.15) is 12.2 Å². The van der Waals surface area contributed by atoms with Gasteiger partial charge in [0.25, 0.3) is 5.91 Å². The molecule has 0 unspecified atom stereocenters. The van der Waals surface area contributed by atoms with E-state index in [9.17, 15) is 9.59 Å². The van der Waals surface area contributed by atoms with E-state index < -0.39 is 5.91 Å². The van der Waals surface area contributed by atoms with Crippen molar-refractivity contribution in [3.8, 4) is 0 Å². The SMILES string of the molecule is O=C(CNC(=O)c1ccc(Br)o1)NCCCc1ncn[nH]1. The van der Waals surface area contributed by atoms with E-state index in [0.29, 0.717) is 17.6 Å². The molecule has 2 aromatic rings. The third-order valence-corrected chi connectivity index (χ3v) is 3.01. The highest BCUT2D eigenvalue weighted by Crippen LogP contribution is 2.13. The van der Waals surface area contributed by atoms with Crippen molar-refractivity contribution in [3.63, 3.8) is 0 Å². The summed E-state index contributed by atoms with van der Waals surface area (Å²) in [6.45, 7) is 0.404. The highest BCUT2D eigenvalue weighted by molar-refractivity contribution is 9.10. The molecule has 0 aliphatic heterocycles. The van der Waals surface area contributed by atoms with Crippen LogP contribution in [0.5, 0.6) is 0 Å². The smallest absolute Gasteiger partial charge is 0.287 e. The van der Waals surface area contributed by atoms with E-state index in [1.807, 2.05) is 0 Å². The van der Waals surface area contributed by atoms with Crippen molar-refractivity contribution in [1.29, 1.82) is 0 Å². The molecule has 112 valence electrons. The lowest BCUT2D eigenvalue weighted by atomic mass is 10.3. The zero-order chi connectivity index (χ0) is 15.1. The molecule has 2 heterocycles. The Morgan fingerprint density at radius 1 is 1.33 bits per heavy atom. The fraction of sp³-hybridized carbons (Fsp3) is 0.333. The van der Waals surface area contributed by atoms with Crippen molar-refractivity contribution in [2.75, 3.05) is 13.1 Å². The summed E-state index contributed by atoms with van der Waals surface area (Å²) in [5.74, 6) is 0.241. The largest absolute Gasteiger partial charge is 0.444 e. The van der Waals surface area contributed by atoms with Crippen LogP contribution in [0, 0.1) is 0 Å². The van der Waals surface area contributed by atoms with Crippen LogP contribution in [-0.4, -0.2) is 40.1 Å². The average Bonchev–Trinajstić information content (AvgIpc) is 3.12. The van der Waals surface area contributed by atoms with Gasteiger partial charge in [-0.25, -0.2) is 4.98 Å². The van der Waals surface area contributed by atoms with Gasteiger partial charge in [-0.3, -0.25) is 14.7 Å². The van der Waals surface area contributed by atoms with Crippen molar-refractivity contribution in [1.82, 2.24) is 25.8 Å². The number of aromatic nitrogens is 3. The van der Waals surface area contributed by atoms with Gasteiger partial charge >= 0.3 is 0 Å². The Morgan fingerprint density at radius 3 is 2.86 bits per heavy atom. The number of nitrogens with zero attached hydrogens (tertiary/aromatic N) is 2. The Morgan fingerprint density at radius 2 is 2.19 bits per heavy atom. The molecular formula is C12H14BrN5O3. The van der Waals surface area contributed by atoms with E-state index in [1.165, 1.54) is 12.4 Å². The second-order valence-electron chi connectivity index (χ2n) is 4.17. The Balaban J connectivity index is 1.60. The predicted octanol–water partition coefficient (Wildman–Crippen LogP) is 0.639. The van der Waals surface area contributed by atoms with Crippen LogP contribution in [0.1, 0.15) is 22.8 Å². The summed E-state index contributed by atoms with van der Waals surface area (Å²) in [5.41, 5.74) is 0. The molecule has 2 aromatic heterocycles. The molecule has 0 bridgehead atoms. The Kier molecular flexibility index (Phi) is 5.50. The monoisotopic (exact) mass is 355 g/mol. The number of hydrogen-bond donors (Lipinski definition) is 3. The highest BCUT2D eigenvalue weighted by Gasteiger charge is 2.11. The maximum absolute atomic E-state index is 11.6. The number of furan rings is 1. The lowest BCUT2D eigenvalue weighted by Crippen LogP contribution is -2.37. The fourth-order valence-electron chi connectivity index (χ4n) is 1.58. The van der Waals surface area contributed by atoms with Crippen LogP contribution < -0.4 is 10.6 Å². The molecule has 0 saturated heterocycles. The molecule has 0 aliphatic rings. The lowest BCUT2D eigenvalue weighted by Gasteiger charge is -2.05. The van der Waals surface area contributed by atoms with Gasteiger partial charge in [0.05, 0.1) is 6.54 Å². The number of H-pyrrole nitrogens is 1. The van der Waals surface area contributed by atoms with E-state index in [-0.39, 0.29) is 18.2 Å². The Hall–Kier alpha value is -2.16. The summed E-state index contributed by atoms with van der Waals surface area (Å²) in [6.07, 6.45) is 2.88. The van der Waals surface area contributed by atoms with Crippen LogP contribution in [0.4, 0.5) is 0 Å². The van der Waals surface area contributed by atoms with Gasteiger partial charge in [-0.1, -0.05) is 0 Å². The first-order valence-electron chi connectivity index (χ1n) is 6.29. The summed E-state index contributed by atoms with van der Waals surface area (Å²) in [5, 5.41) is 11.6. The first-order valence-corrected chi connectivity index (χ1v) is 7.09. The van der Waals surface area contributed by atoms with Crippen molar-refractivity contribution < 1.29 is 14.0 Å². The van der Waals surface area contributed by atoms with Crippen LogP contribution in [0.3, 0.4) is 0 Å². The van der Waals surface area contributed by atoms with Gasteiger partial charge < -0.3 is 15.1 Å². The first-order chi connectivity index (χ1) is 10.1. The summed E-state index contributed by atoms with van der Waals surface area (Å²) in [6, 6.07) is 3.13. The first kappa shape index (κ1) is 15.2. The topological polar surface area (TPSA) is 113 Å². The van der Waals surface area contributed by atoms with E-state index in [4.69, 9.17) is 4.42 Å². The summed E-state index contributed by atoms with van der Waals surface area (Å²) in [4.78, 5) is 27.1. The lowest BCUT2D eigenvalue weighted by molar-refractivity contribution is -0.120. The minimum Gasteiger partial charge on any atom is -0.444 e. The molecule has 0 radical (unpaired) electrons. The number of nitrogens with one attached hydrogen (secondary N) is 3. The van der Waals surface area contributed by atoms with Crippen LogP contribution in [0.25, 0.3) is 0 Å². The number of carbonyl (C=O) groups is 2. The second kappa shape index (κ2) is 7.58. The number of aryl methyl sites for hydroxylation is 1. The minimum atomic E-state index is -0.433. The predicted molar refractivity (Wildman–Crippen MR) is 76.5 cm³/mol. The Bertz CT molecular complexity index is 596. The van der Waals surface area contributed by atoms with Crippen molar-refractivity contribution in [2.45, 2.75) is 12.8 Å². The van der Waals surface area contributed by atoms with Gasteiger partial charge in [0, 0.05) is 13.0 Å². The molecule has 0 spiro atoms. The van der Waals surface area contributed by atoms with Gasteiger partial charge in [0.15, 0.2) is 10.4 Å². The maximum Gasteiger partial charge on any atom is 0.287 e. The number of halogens is 1. The molecule has 0 saturated carbocycles. The fourth-order valence-corrected chi connectivity index (χ4v) is 1.89. The minimum absolute atomic E-state index is 0.0978. The molecule has 21 heavy (non-hydrogen) atoms. The molecule has 2 amide bonds. The van der Waals surface area contributed by atoms with Gasteiger partial charge in [0.2, 0.25) is 5.91 Å². The maximum atomic E-state index is 11.6. The second-order valence-corrected chi connectivity index (χ2v) is 4.95. The number of amides is 2. The summed E-state index contributed by atoms with van der Waals surface area (Å²) in [7, 11) is 0. The van der Waals surface area contributed by atoms with Crippen molar-refractivity contribution in [2.24, 2.45) is 0 Å². The number of carbonyl (C=O) groups excluding carboxylic acids is 2. The molecule has 0 aliphatic carbocycles. The van der Waals surface area contributed by atoms with Crippen LogP contribution in [-0.2, 0) is 11.2 Å². The molecule has 9 heteroatoms. The zero-order valence-corrected chi connectivity index (χ0v) is 12.6. The summed E-state index contributed by atoms with van der Waals surface area (Å²) >= 11 is 3.10. The van der Waals surface area contributed by atoms with E-state index in [1.54, 1.807) is 6.07 Å². The molecule has 0 fully saturated rings. The molecular weight excluding hydrogens is 342 g/mol. The van der Waals surface area contributed by atoms with Crippen molar-refractivity contribution >= 4 is 27.7 Å². The van der Waals surface area contributed by atoms with E-state index >= 15 is 0 Å². The quantitative estimate of drug-likeness (QED) is 0.630. The van der Waals surface area contributed by atoms with Crippen LogP contribution in [0.15, 0.2) is 27.5 Å². The van der Waals surface area contributed by atoms with Gasteiger partial charge in [-0.2, -0.15) is 5.10 Å². The van der Waals surface area contributed by atoms with Crippen LogP contribution in [0.2, 0.25) is 0 Å². The normalized spacial score (nSPS) is 10.3. The molecule has 0 atom stereocenters. The van der Waals surface area contributed by atoms with Crippen molar-refractivity contribution in [3.05, 3.63) is 34.7 Å². The molecule has 8 nitrogen and oxygen atoms in total. The molecule has 2 rings (SSSR count). The van der Waals surface area contributed by atoms with Gasteiger partial charge in [-0.05, 0) is 34.5 Å². The zero-order valence-electron chi connectivity index (χ0n) is 11.1. The standard InChI is InChI=1S/C12H14BrN5O3/c13-9-4-3-8(21-9)12(20)15-6-11(19)14-5-1-2-10-16-7-17-18-10/h3-4,7H,1-2,5-6H2,(H,14,19)(H,15,20)(H,16,17,18). The van der Waals surface area contributed by atoms with E-state index in [2.05, 4.69) is 41.7 Å². The van der Waals surface area contributed by atoms with E-state index in [0.717, 1.165) is 12.2 Å². The number of aromatic amines is 1. The third-order valence-electron chi connectivity index (χ3n) is 2.58. The van der Waals surface area contributed by atoms with Crippen LogP contribution >= 0.6 is 15.9 Å². The number of rotatable bonds is 7.